The lowest BCUT2D eigenvalue weighted by molar-refractivity contribution is 0.209. The molecule has 0 bridgehead atoms. The predicted molar refractivity (Wildman–Crippen MR) is 113 cm³/mol. The number of benzene rings is 2. The molecule has 0 aromatic heterocycles. The van der Waals surface area contributed by atoms with Crippen LogP contribution >= 0.6 is 23.3 Å². The number of nitrogens with zero attached hydrogens (tertiary/aromatic N) is 1. The molecule has 0 fully saturated rings. The van der Waals surface area contributed by atoms with Crippen molar-refractivity contribution in [1.82, 2.24) is 0 Å². The van der Waals surface area contributed by atoms with Crippen LogP contribution in [0.2, 0.25) is 0 Å². The molecule has 4 nitrogen and oxygen atoms in total. The highest BCUT2D eigenvalue weighted by Crippen LogP contribution is 2.57. The van der Waals surface area contributed by atoms with Gasteiger partial charge >= 0.3 is 0 Å². The van der Waals surface area contributed by atoms with E-state index in [1.807, 2.05) is 43.3 Å². The molecule has 0 heterocycles. The molecule has 2 aromatic rings. The Morgan fingerprint density at radius 1 is 1.08 bits per heavy atom. The summed E-state index contributed by atoms with van der Waals surface area (Å²) >= 11 is 3.38. The first-order valence-electron chi connectivity index (χ1n) is 8.70. The van der Waals surface area contributed by atoms with Gasteiger partial charge in [-0.1, -0.05) is 41.9 Å². The number of rotatable bonds is 8. The van der Waals surface area contributed by atoms with Crippen LogP contribution in [0.1, 0.15) is 31.7 Å². The third kappa shape index (κ3) is 5.20. The second-order valence-corrected chi connectivity index (χ2v) is 10.3. The fraction of sp³-hybridized carbons (Fsp3) is 0.400. The predicted octanol–water partition coefficient (Wildman–Crippen LogP) is 5.17. The van der Waals surface area contributed by atoms with E-state index in [2.05, 4.69) is 29.8 Å². The summed E-state index contributed by atoms with van der Waals surface area (Å²) in [6.45, 7) is 4.52. The molecule has 0 aliphatic rings. The Bertz CT molecular complexity index is 745. The van der Waals surface area contributed by atoms with E-state index in [9.17, 15) is 9.67 Å². The van der Waals surface area contributed by atoms with Crippen molar-refractivity contribution in [3.63, 3.8) is 0 Å². The van der Waals surface area contributed by atoms with Crippen LogP contribution in [0.15, 0.2) is 53.0 Å². The minimum Gasteiger partial charge on any atom is -0.378 e. The van der Waals surface area contributed by atoms with E-state index in [1.165, 1.54) is 0 Å². The molecule has 2 atom stereocenters. The van der Waals surface area contributed by atoms with Crippen molar-refractivity contribution in [2.75, 3.05) is 25.6 Å². The molecule has 0 saturated carbocycles. The van der Waals surface area contributed by atoms with Crippen molar-refractivity contribution >= 4 is 34.3 Å². The van der Waals surface area contributed by atoms with Crippen LogP contribution in [0.5, 0.6) is 0 Å². The van der Waals surface area contributed by atoms with Crippen molar-refractivity contribution in [3.8, 4) is 0 Å². The van der Waals surface area contributed by atoms with Crippen LogP contribution in [-0.4, -0.2) is 25.8 Å². The second kappa shape index (κ2) is 9.18. The highest BCUT2D eigenvalue weighted by molar-refractivity contribution is 9.10. The summed E-state index contributed by atoms with van der Waals surface area (Å²) in [4.78, 5) is 1.97. The van der Waals surface area contributed by atoms with Crippen LogP contribution < -0.4 is 10.2 Å². The summed E-state index contributed by atoms with van der Waals surface area (Å²) in [7, 11) is 0.413. The van der Waals surface area contributed by atoms with Crippen LogP contribution in [0.4, 0.5) is 5.69 Å². The maximum absolute atomic E-state index is 13.8. The molecule has 26 heavy (non-hydrogen) atoms. The quantitative estimate of drug-likeness (QED) is 0.576. The van der Waals surface area contributed by atoms with Crippen molar-refractivity contribution in [2.24, 2.45) is 5.92 Å². The number of halogens is 1. The maximum atomic E-state index is 13.8. The van der Waals surface area contributed by atoms with Crippen LogP contribution in [-0.2, 0) is 9.09 Å². The van der Waals surface area contributed by atoms with Gasteiger partial charge in [-0.3, -0.25) is 4.57 Å². The molecule has 2 aromatic carbocycles. The number of hydrogen-bond donors (Lipinski definition) is 1. The van der Waals surface area contributed by atoms with Gasteiger partial charge in [-0.2, -0.15) is 0 Å². The standard InChI is InChI=1S/C20H27BrNO3P/c1-15(2)13-14-25-26(24,19-11-9-18(10-12-19)22(3)4)20(23)16-5-7-17(21)8-6-16/h5-12,15,20,23H,13-14H2,1-4H3/t20-,26+/m1/s1. The second-order valence-electron chi connectivity index (χ2n) is 6.95. The van der Waals surface area contributed by atoms with E-state index < -0.39 is 13.2 Å². The molecular formula is C20H27BrNO3P. The van der Waals surface area contributed by atoms with E-state index in [0.717, 1.165) is 16.6 Å². The number of anilines is 1. The zero-order valence-corrected chi connectivity index (χ0v) is 18.2. The lowest BCUT2D eigenvalue weighted by atomic mass is 10.2. The summed E-state index contributed by atoms with van der Waals surface area (Å²) in [6.07, 6.45) is 0.785. The fourth-order valence-corrected chi connectivity index (χ4v) is 4.84. The summed E-state index contributed by atoms with van der Waals surface area (Å²) in [5.74, 6) is -0.766. The molecule has 0 aliphatic heterocycles. The normalized spacial score (nSPS) is 14.9. The van der Waals surface area contributed by atoms with E-state index in [0.29, 0.717) is 23.4 Å². The smallest absolute Gasteiger partial charge is 0.264 e. The van der Waals surface area contributed by atoms with E-state index >= 15 is 0 Å². The van der Waals surface area contributed by atoms with Crippen LogP contribution in [0, 0.1) is 5.92 Å². The first-order valence-corrected chi connectivity index (χ1v) is 11.2. The monoisotopic (exact) mass is 439 g/mol. The summed E-state index contributed by atoms with van der Waals surface area (Å²) in [6, 6.07) is 14.5. The van der Waals surface area contributed by atoms with Gasteiger partial charge < -0.3 is 14.5 Å². The van der Waals surface area contributed by atoms with Gasteiger partial charge in [0.25, 0.3) is 7.37 Å². The van der Waals surface area contributed by atoms with Gasteiger partial charge in [0, 0.05) is 29.6 Å². The van der Waals surface area contributed by atoms with Gasteiger partial charge in [0.2, 0.25) is 0 Å². The molecule has 6 heteroatoms. The summed E-state index contributed by atoms with van der Waals surface area (Å²) in [5.41, 5.74) is 1.58. The van der Waals surface area contributed by atoms with Crippen molar-refractivity contribution in [3.05, 3.63) is 58.6 Å². The number of hydrogen-bond acceptors (Lipinski definition) is 4. The van der Waals surface area contributed by atoms with Gasteiger partial charge in [-0.15, -0.1) is 0 Å². The Morgan fingerprint density at radius 3 is 2.15 bits per heavy atom. The summed E-state index contributed by atoms with van der Waals surface area (Å²) < 4.78 is 20.5. The fourth-order valence-electron chi connectivity index (χ4n) is 2.50. The Labute approximate surface area is 164 Å². The maximum Gasteiger partial charge on any atom is 0.264 e. The van der Waals surface area contributed by atoms with Gasteiger partial charge in [-0.05, 0) is 54.3 Å². The lowest BCUT2D eigenvalue weighted by Crippen LogP contribution is -2.16. The van der Waals surface area contributed by atoms with Crippen molar-refractivity contribution in [2.45, 2.75) is 26.1 Å². The average Bonchev–Trinajstić information content (AvgIpc) is 2.61. The molecule has 0 amide bonds. The average molecular weight is 440 g/mol. The topological polar surface area (TPSA) is 49.8 Å². The zero-order valence-electron chi connectivity index (χ0n) is 15.7. The highest BCUT2D eigenvalue weighted by Gasteiger charge is 2.36. The molecule has 0 saturated heterocycles. The van der Waals surface area contributed by atoms with Crippen LogP contribution in [0.3, 0.4) is 0 Å². The SMILES string of the molecule is CC(C)CCO[P@@](=O)(c1ccc(N(C)C)cc1)[C@@H](O)c1ccc(Br)cc1. The minimum absolute atomic E-state index is 0.345. The molecule has 0 aliphatic carbocycles. The molecule has 2 rings (SSSR count). The van der Waals surface area contributed by atoms with Gasteiger partial charge in [-0.25, -0.2) is 0 Å². The molecular weight excluding hydrogens is 413 g/mol. The third-order valence-electron chi connectivity index (χ3n) is 4.19. The number of aliphatic hydroxyl groups excluding tert-OH is 1. The first-order chi connectivity index (χ1) is 12.2. The van der Waals surface area contributed by atoms with Crippen LogP contribution in [0.25, 0.3) is 0 Å². The minimum atomic E-state index is -3.48. The molecule has 1 N–H and O–H groups in total. The highest BCUT2D eigenvalue weighted by atomic mass is 79.9. The first kappa shape index (κ1) is 21.2. The van der Waals surface area contributed by atoms with E-state index in [4.69, 9.17) is 4.52 Å². The molecule has 0 radical (unpaired) electrons. The van der Waals surface area contributed by atoms with Crippen molar-refractivity contribution < 1.29 is 14.2 Å². The lowest BCUT2D eigenvalue weighted by Gasteiger charge is -2.25. The number of aliphatic hydroxyl groups is 1. The van der Waals surface area contributed by atoms with Gasteiger partial charge in [0.15, 0.2) is 5.85 Å². The Kier molecular flexibility index (Phi) is 7.48. The van der Waals surface area contributed by atoms with Crippen molar-refractivity contribution in [1.29, 1.82) is 0 Å². The van der Waals surface area contributed by atoms with Gasteiger partial charge in [0.05, 0.1) is 6.61 Å². The Morgan fingerprint density at radius 2 is 1.65 bits per heavy atom. The summed E-state index contributed by atoms with van der Waals surface area (Å²) in [5, 5.41) is 11.4. The van der Waals surface area contributed by atoms with Gasteiger partial charge in [0.1, 0.15) is 0 Å². The Hall–Kier alpha value is -1.13. The molecule has 0 spiro atoms. The van der Waals surface area contributed by atoms with E-state index in [-0.39, 0.29) is 0 Å². The largest absolute Gasteiger partial charge is 0.378 e. The zero-order chi connectivity index (χ0) is 19.3. The van der Waals surface area contributed by atoms with E-state index in [1.54, 1.807) is 24.3 Å². The Balaban J connectivity index is 2.37. The molecule has 0 unspecified atom stereocenters. The molecule has 142 valence electrons. The third-order valence-corrected chi connectivity index (χ3v) is 7.25.